The van der Waals surface area contributed by atoms with Crippen molar-refractivity contribution in [3.05, 3.63) is 0 Å². The number of thioether (sulfide) groups is 1. The molecule has 1 unspecified atom stereocenters. The number of hydrogen-bond acceptors (Lipinski definition) is 4. The van der Waals surface area contributed by atoms with Crippen LogP contribution in [0.25, 0.3) is 0 Å². The highest BCUT2D eigenvalue weighted by molar-refractivity contribution is 8.01. The molecule has 0 aromatic rings. The Morgan fingerprint density at radius 3 is 2.83 bits per heavy atom. The first-order chi connectivity index (χ1) is 8.53. The molecule has 1 aliphatic rings. The van der Waals surface area contributed by atoms with Crippen molar-refractivity contribution in [2.24, 2.45) is 0 Å². The van der Waals surface area contributed by atoms with Crippen molar-refractivity contribution in [2.45, 2.75) is 32.1 Å². The Morgan fingerprint density at radius 2 is 2.22 bits per heavy atom. The Balaban J connectivity index is 2.67. The maximum absolute atomic E-state index is 12.1. The summed E-state index contributed by atoms with van der Waals surface area (Å²) in [5, 5.41) is 3.30. The van der Waals surface area contributed by atoms with Crippen LogP contribution in [0.2, 0.25) is 0 Å². The Bertz CT molecular complexity index is 370. The lowest BCUT2D eigenvalue weighted by molar-refractivity contribution is 0.402. The van der Waals surface area contributed by atoms with Crippen LogP contribution in [0.4, 0.5) is 0 Å². The van der Waals surface area contributed by atoms with Crippen molar-refractivity contribution in [1.82, 2.24) is 10.2 Å². The van der Waals surface area contributed by atoms with E-state index in [0.29, 0.717) is 17.4 Å². The van der Waals surface area contributed by atoms with Gasteiger partial charge >= 0.3 is 0 Å². The molecular weight excluding hydrogens is 288 g/mol. The van der Waals surface area contributed by atoms with Gasteiger partial charge in [0.15, 0.2) is 14.9 Å². The van der Waals surface area contributed by atoms with Gasteiger partial charge in [-0.3, -0.25) is 0 Å². The van der Waals surface area contributed by atoms with E-state index in [4.69, 9.17) is 12.2 Å². The molecule has 4 nitrogen and oxygen atoms in total. The molecule has 0 aliphatic carbocycles. The molecule has 0 aromatic heterocycles. The van der Waals surface area contributed by atoms with E-state index in [1.807, 2.05) is 4.90 Å². The normalized spacial score (nSPS) is 20.8. The number of nitrogens with one attached hydrogen (secondary N) is 1. The molecule has 1 saturated heterocycles. The average Bonchev–Trinajstić information content (AvgIpc) is 2.39. The number of thiocarbonyl (C=S) groups is 1. The van der Waals surface area contributed by atoms with Crippen molar-refractivity contribution in [2.75, 3.05) is 30.3 Å². The summed E-state index contributed by atoms with van der Waals surface area (Å²) in [6, 6.07) is 0. The summed E-state index contributed by atoms with van der Waals surface area (Å²) in [4.78, 5) is 1.85. The van der Waals surface area contributed by atoms with E-state index < -0.39 is 15.2 Å². The van der Waals surface area contributed by atoms with Gasteiger partial charge in [-0.15, -0.1) is 0 Å². The molecule has 1 fully saturated rings. The monoisotopic (exact) mass is 310 g/mol. The molecule has 1 rings (SSSR count). The highest BCUT2D eigenvalue weighted by Gasteiger charge is 2.33. The lowest BCUT2D eigenvalue weighted by atomic mass is 10.3. The molecule has 106 valence electrons. The number of nitrogens with zero attached hydrogens (tertiary/aromatic N) is 1. The first-order valence-electron chi connectivity index (χ1n) is 6.36. The van der Waals surface area contributed by atoms with Crippen LogP contribution in [-0.4, -0.2) is 54.2 Å². The lowest BCUT2D eigenvalue weighted by Gasteiger charge is -2.36. The first-order valence-corrected chi connectivity index (χ1v) is 9.64. The molecule has 1 heterocycles. The maximum atomic E-state index is 12.1. The van der Waals surface area contributed by atoms with Gasteiger partial charge in [-0.2, -0.15) is 11.8 Å². The van der Waals surface area contributed by atoms with E-state index >= 15 is 0 Å². The zero-order chi connectivity index (χ0) is 13.6. The van der Waals surface area contributed by atoms with Gasteiger partial charge in [0.1, 0.15) is 5.37 Å². The van der Waals surface area contributed by atoms with Gasteiger partial charge < -0.3 is 10.2 Å². The number of rotatable bonds is 5. The SMILES string of the molecule is CCCCNC(=S)N1CCSCC1S(=O)(=O)CC. The zero-order valence-corrected chi connectivity index (χ0v) is 13.5. The van der Waals surface area contributed by atoms with Crippen LogP contribution in [0.5, 0.6) is 0 Å². The summed E-state index contributed by atoms with van der Waals surface area (Å²) in [5.74, 6) is 1.73. The van der Waals surface area contributed by atoms with Gasteiger partial charge in [0.05, 0.1) is 0 Å². The minimum absolute atomic E-state index is 0.173. The van der Waals surface area contributed by atoms with Crippen LogP contribution in [0, 0.1) is 0 Å². The third-order valence-corrected chi connectivity index (χ3v) is 6.64. The Labute approximate surface area is 120 Å². The minimum Gasteiger partial charge on any atom is -0.363 e. The summed E-state index contributed by atoms with van der Waals surface area (Å²) >= 11 is 7.01. The quantitative estimate of drug-likeness (QED) is 0.613. The van der Waals surface area contributed by atoms with Crippen molar-refractivity contribution in [1.29, 1.82) is 0 Å². The lowest BCUT2D eigenvalue weighted by Crippen LogP contribution is -2.54. The van der Waals surface area contributed by atoms with Crippen LogP contribution in [0.1, 0.15) is 26.7 Å². The Morgan fingerprint density at radius 1 is 1.50 bits per heavy atom. The Hall–Kier alpha value is -0.0100. The fourth-order valence-electron chi connectivity index (χ4n) is 1.78. The highest BCUT2D eigenvalue weighted by atomic mass is 32.2. The second kappa shape index (κ2) is 7.55. The van der Waals surface area contributed by atoms with Crippen LogP contribution >= 0.6 is 24.0 Å². The first kappa shape index (κ1) is 16.0. The molecule has 0 saturated carbocycles. The van der Waals surface area contributed by atoms with Gasteiger partial charge in [-0.1, -0.05) is 20.3 Å². The molecule has 1 aliphatic heterocycles. The number of hydrogen-bond donors (Lipinski definition) is 1. The molecule has 18 heavy (non-hydrogen) atoms. The van der Waals surface area contributed by atoms with E-state index in [-0.39, 0.29) is 5.75 Å². The van der Waals surface area contributed by atoms with Gasteiger partial charge in [-0.05, 0) is 18.6 Å². The van der Waals surface area contributed by atoms with Crippen molar-refractivity contribution in [3.63, 3.8) is 0 Å². The third kappa shape index (κ3) is 4.28. The van der Waals surface area contributed by atoms with Crippen LogP contribution in [0.15, 0.2) is 0 Å². The Kier molecular flexibility index (Phi) is 6.73. The molecular formula is C11H22N2O2S3. The van der Waals surface area contributed by atoms with E-state index in [2.05, 4.69) is 12.2 Å². The molecule has 0 amide bonds. The summed E-state index contributed by atoms with van der Waals surface area (Å²) in [7, 11) is -3.07. The van der Waals surface area contributed by atoms with E-state index in [1.54, 1.807) is 18.7 Å². The van der Waals surface area contributed by atoms with Gasteiger partial charge in [-0.25, -0.2) is 8.42 Å². The predicted molar refractivity (Wildman–Crippen MR) is 82.8 cm³/mol. The van der Waals surface area contributed by atoms with Gasteiger partial charge in [0.25, 0.3) is 0 Å². The summed E-state index contributed by atoms with van der Waals surface area (Å²) < 4.78 is 24.1. The fourth-order valence-corrected chi connectivity index (χ4v) is 5.14. The third-order valence-electron chi connectivity index (χ3n) is 2.97. The van der Waals surface area contributed by atoms with Gasteiger partial charge in [0, 0.05) is 30.3 Å². The number of sulfone groups is 1. The second-order valence-corrected chi connectivity index (χ2v) is 8.24. The smallest absolute Gasteiger partial charge is 0.171 e. The predicted octanol–water partition coefficient (Wildman–Crippen LogP) is 1.47. The number of unbranched alkanes of at least 4 members (excludes halogenated alkanes) is 1. The largest absolute Gasteiger partial charge is 0.363 e. The van der Waals surface area contributed by atoms with Crippen LogP contribution in [-0.2, 0) is 9.84 Å². The van der Waals surface area contributed by atoms with E-state index in [1.165, 1.54) is 0 Å². The molecule has 0 spiro atoms. The summed E-state index contributed by atoms with van der Waals surface area (Å²) in [6.07, 6.45) is 2.15. The van der Waals surface area contributed by atoms with Crippen LogP contribution < -0.4 is 5.32 Å². The van der Waals surface area contributed by atoms with Crippen molar-refractivity contribution < 1.29 is 8.42 Å². The second-order valence-electron chi connectivity index (χ2n) is 4.26. The summed E-state index contributed by atoms with van der Waals surface area (Å²) in [6.45, 7) is 5.34. The van der Waals surface area contributed by atoms with Crippen LogP contribution in [0.3, 0.4) is 0 Å². The standard InChI is InChI=1S/C11H22N2O2S3/c1-3-5-6-12-11(16)13-7-8-17-9-10(13)18(14,15)4-2/h10H,3-9H2,1-2H3,(H,12,16). The fraction of sp³-hybridized carbons (Fsp3) is 0.909. The molecule has 0 aromatic carbocycles. The average molecular weight is 311 g/mol. The van der Waals surface area contributed by atoms with Crippen molar-refractivity contribution >= 4 is 38.9 Å². The molecule has 0 bridgehead atoms. The van der Waals surface area contributed by atoms with Crippen molar-refractivity contribution in [3.8, 4) is 0 Å². The highest BCUT2D eigenvalue weighted by Crippen LogP contribution is 2.21. The zero-order valence-electron chi connectivity index (χ0n) is 11.0. The molecule has 1 N–H and O–H groups in total. The minimum atomic E-state index is -3.07. The van der Waals surface area contributed by atoms with Gasteiger partial charge in [0.2, 0.25) is 0 Å². The summed E-state index contributed by atoms with van der Waals surface area (Å²) in [5.41, 5.74) is 0. The molecule has 7 heteroatoms. The molecule has 0 radical (unpaired) electrons. The van der Waals surface area contributed by atoms with E-state index in [0.717, 1.165) is 25.1 Å². The van der Waals surface area contributed by atoms with E-state index in [9.17, 15) is 8.42 Å². The topological polar surface area (TPSA) is 49.4 Å². The molecule has 1 atom stereocenters. The maximum Gasteiger partial charge on any atom is 0.171 e.